The van der Waals surface area contributed by atoms with E-state index in [2.05, 4.69) is 19.2 Å². The van der Waals surface area contributed by atoms with Gasteiger partial charge in [0, 0.05) is 6.54 Å². The van der Waals surface area contributed by atoms with Gasteiger partial charge in [-0.2, -0.15) is 13.2 Å². The monoisotopic (exact) mass is 237 g/mol. The van der Waals surface area contributed by atoms with Gasteiger partial charge in [0.15, 0.2) is 0 Å². The Kier molecular flexibility index (Phi) is 4.65. The molecule has 1 nitrogen and oxygen atoms in total. The fourth-order valence-corrected chi connectivity index (χ4v) is 2.91. The Morgan fingerprint density at radius 2 is 1.75 bits per heavy atom. The van der Waals surface area contributed by atoms with Crippen LogP contribution in [-0.2, 0) is 0 Å². The molecule has 1 aliphatic carbocycles. The van der Waals surface area contributed by atoms with Crippen LogP contribution in [0.3, 0.4) is 0 Å². The van der Waals surface area contributed by atoms with Crippen molar-refractivity contribution in [1.29, 1.82) is 0 Å². The summed E-state index contributed by atoms with van der Waals surface area (Å²) in [5, 5.41) is 2.59. The van der Waals surface area contributed by atoms with Gasteiger partial charge >= 0.3 is 6.18 Å². The minimum atomic E-state index is -4.09. The summed E-state index contributed by atoms with van der Waals surface area (Å²) >= 11 is 0. The minimum absolute atomic E-state index is 0.124. The lowest BCUT2D eigenvalue weighted by atomic mass is 9.78. The van der Waals surface area contributed by atoms with Crippen LogP contribution < -0.4 is 5.32 Å². The SMILES string of the molecule is CC(C)CC1(CNCC(F)(F)F)CCCC1. The van der Waals surface area contributed by atoms with Crippen LogP contribution in [0.2, 0.25) is 0 Å². The van der Waals surface area contributed by atoms with Gasteiger partial charge in [0.2, 0.25) is 0 Å². The first-order valence-electron chi connectivity index (χ1n) is 6.10. The predicted octanol–water partition coefficient (Wildman–Crippen LogP) is 3.74. The van der Waals surface area contributed by atoms with Crippen LogP contribution in [0.25, 0.3) is 0 Å². The summed E-state index contributed by atoms with van der Waals surface area (Å²) in [7, 11) is 0. The summed E-state index contributed by atoms with van der Waals surface area (Å²) in [5.74, 6) is 0.561. The van der Waals surface area contributed by atoms with Crippen LogP contribution in [0.4, 0.5) is 13.2 Å². The molecule has 16 heavy (non-hydrogen) atoms. The van der Waals surface area contributed by atoms with E-state index in [1.54, 1.807) is 0 Å². The predicted molar refractivity (Wildman–Crippen MR) is 59.3 cm³/mol. The Hall–Kier alpha value is -0.250. The molecule has 0 heterocycles. The van der Waals surface area contributed by atoms with Crippen molar-refractivity contribution < 1.29 is 13.2 Å². The van der Waals surface area contributed by atoms with Crippen molar-refractivity contribution in [2.45, 2.75) is 52.1 Å². The summed E-state index contributed by atoms with van der Waals surface area (Å²) in [6.07, 6.45) is 1.45. The van der Waals surface area contributed by atoms with Crippen molar-refractivity contribution in [1.82, 2.24) is 5.32 Å². The molecule has 4 heteroatoms. The molecule has 0 aromatic heterocycles. The Morgan fingerprint density at radius 1 is 1.19 bits per heavy atom. The molecule has 0 radical (unpaired) electrons. The van der Waals surface area contributed by atoms with E-state index in [0.29, 0.717) is 12.5 Å². The van der Waals surface area contributed by atoms with Gasteiger partial charge in [0.05, 0.1) is 6.54 Å². The average Bonchev–Trinajstić information content (AvgIpc) is 2.49. The zero-order valence-electron chi connectivity index (χ0n) is 10.2. The van der Waals surface area contributed by atoms with Gasteiger partial charge in [-0.15, -0.1) is 0 Å². The van der Waals surface area contributed by atoms with Gasteiger partial charge in [-0.3, -0.25) is 0 Å². The summed E-state index contributed by atoms with van der Waals surface area (Å²) in [6.45, 7) is 3.95. The molecule has 1 N–H and O–H groups in total. The highest BCUT2D eigenvalue weighted by molar-refractivity contribution is 4.87. The minimum Gasteiger partial charge on any atom is -0.308 e. The molecule has 0 saturated heterocycles. The third-order valence-electron chi connectivity index (χ3n) is 3.33. The van der Waals surface area contributed by atoms with Crippen LogP contribution in [0, 0.1) is 11.3 Å². The van der Waals surface area contributed by atoms with Gasteiger partial charge in [0.25, 0.3) is 0 Å². The number of nitrogens with one attached hydrogen (secondary N) is 1. The molecule has 1 aliphatic rings. The first-order chi connectivity index (χ1) is 7.33. The van der Waals surface area contributed by atoms with E-state index in [1.807, 2.05) is 0 Å². The molecule has 0 bridgehead atoms. The average molecular weight is 237 g/mol. The molecule has 0 unspecified atom stereocenters. The van der Waals surface area contributed by atoms with E-state index in [1.165, 1.54) is 12.8 Å². The number of hydrogen-bond donors (Lipinski definition) is 1. The Balaban J connectivity index is 2.39. The Morgan fingerprint density at radius 3 is 2.19 bits per heavy atom. The van der Waals surface area contributed by atoms with Crippen LogP contribution in [0.1, 0.15) is 46.0 Å². The van der Waals surface area contributed by atoms with E-state index < -0.39 is 12.7 Å². The number of alkyl halides is 3. The van der Waals surface area contributed by atoms with Crippen molar-refractivity contribution in [2.24, 2.45) is 11.3 Å². The van der Waals surface area contributed by atoms with E-state index >= 15 is 0 Å². The second-order valence-electron chi connectivity index (χ2n) is 5.52. The fourth-order valence-electron chi connectivity index (χ4n) is 2.91. The molecular weight excluding hydrogens is 215 g/mol. The topological polar surface area (TPSA) is 12.0 Å². The van der Waals surface area contributed by atoms with Gasteiger partial charge in [-0.05, 0) is 30.6 Å². The number of hydrogen-bond acceptors (Lipinski definition) is 1. The normalized spacial score (nSPS) is 20.6. The first-order valence-corrected chi connectivity index (χ1v) is 6.10. The lowest BCUT2D eigenvalue weighted by Crippen LogP contribution is -2.38. The van der Waals surface area contributed by atoms with Gasteiger partial charge < -0.3 is 5.32 Å². The van der Waals surface area contributed by atoms with Gasteiger partial charge in [0.1, 0.15) is 0 Å². The van der Waals surface area contributed by atoms with Crippen molar-refractivity contribution >= 4 is 0 Å². The van der Waals surface area contributed by atoms with E-state index in [4.69, 9.17) is 0 Å². The summed E-state index contributed by atoms with van der Waals surface area (Å²) in [4.78, 5) is 0. The third kappa shape index (κ3) is 4.73. The van der Waals surface area contributed by atoms with Crippen molar-refractivity contribution in [2.75, 3.05) is 13.1 Å². The molecule has 1 fully saturated rings. The maximum absolute atomic E-state index is 12.1. The zero-order chi connectivity index (χ0) is 12.2. The summed E-state index contributed by atoms with van der Waals surface area (Å²) in [5.41, 5.74) is 0.124. The van der Waals surface area contributed by atoms with E-state index in [-0.39, 0.29) is 5.41 Å². The van der Waals surface area contributed by atoms with E-state index in [9.17, 15) is 13.2 Å². The molecule has 96 valence electrons. The maximum atomic E-state index is 12.1. The highest BCUT2D eigenvalue weighted by Crippen LogP contribution is 2.42. The molecule has 0 aliphatic heterocycles. The fraction of sp³-hybridized carbons (Fsp3) is 1.00. The second-order valence-corrected chi connectivity index (χ2v) is 5.52. The van der Waals surface area contributed by atoms with Crippen LogP contribution in [0.5, 0.6) is 0 Å². The highest BCUT2D eigenvalue weighted by Gasteiger charge is 2.35. The van der Waals surface area contributed by atoms with Crippen LogP contribution >= 0.6 is 0 Å². The lowest BCUT2D eigenvalue weighted by molar-refractivity contribution is -0.125. The van der Waals surface area contributed by atoms with Crippen LogP contribution in [0.15, 0.2) is 0 Å². The smallest absolute Gasteiger partial charge is 0.308 e. The molecular formula is C12H22F3N. The quantitative estimate of drug-likeness (QED) is 0.768. The van der Waals surface area contributed by atoms with E-state index in [0.717, 1.165) is 19.3 Å². The molecule has 0 atom stereocenters. The first kappa shape index (κ1) is 13.8. The molecule has 0 aromatic rings. The van der Waals surface area contributed by atoms with Crippen LogP contribution in [-0.4, -0.2) is 19.3 Å². The zero-order valence-corrected chi connectivity index (χ0v) is 10.2. The lowest BCUT2D eigenvalue weighted by Gasteiger charge is -2.31. The largest absolute Gasteiger partial charge is 0.401 e. The van der Waals surface area contributed by atoms with Gasteiger partial charge in [-0.1, -0.05) is 26.7 Å². The standard InChI is InChI=1S/C12H22F3N/c1-10(2)7-11(5-3-4-6-11)8-16-9-12(13,14)15/h10,16H,3-9H2,1-2H3. The molecule has 1 saturated carbocycles. The summed E-state index contributed by atoms with van der Waals surface area (Å²) < 4.78 is 36.2. The molecule has 0 aromatic carbocycles. The number of halogens is 3. The molecule has 1 rings (SSSR count). The third-order valence-corrected chi connectivity index (χ3v) is 3.33. The van der Waals surface area contributed by atoms with Crippen molar-refractivity contribution in [3.05, 3.63) is 0 Å². The van der Waals surface area contributed by atoms with Crippen molar-refractivity contribution in [3.63, 3.8) is 0 Å². The van der Waals surface area contributed by atoms with Gasteiger partial charge in [-0.25, -0.2) is 0 Å². The number of rotatable bonds is 5. The maximum Gasteiger partial charge on any atom is 0.401 e. The highest BCUT2D eigenvalue weighted by atomic mass is 19.4. The second kappa shape index (κ2) is 5.39. The molecule has 0 amide bonds. The Bertz CT molecular complexity index is 205. The van der Waals surface area contributed by atoms with Crippen molar-refractivity contribution in [3.8, 4) is 0 Å². The Labute approximate surface area is 95.8 Å². The molecule has 0 spiro atoms. The summed E-state index contributed by atoms with van der Waals surface area (Å²) in [6, 6.07) is 0.